The Labute approximate surface area is 100 Å². The molecule has 1 N–H and O–H groups in total. The fourth-order valence-corrected chi connectivity index (χ4v) is 2.93. The molecule has 2 heteroatoms. The second-order valence-corrected chi connectivity index (χ2v) is 5.49. The molecule has 1 atom stereocenters. The molecule has 1 aliphatic carbocycles. The highest BCUT2D eigenvalue weighted by Gasteiger charge is 2.30. The van der Waals surface area contributed by atoms with Gasteiger partial charge in [-0.2, -0.15) is 0 Å². The molecule has 1 heterocycles. The van der Waals surface area contributed by atoms with Crippen LogP contribution in [0.1, 0.15) is 51.9 Å². The van der Waals surface area contributed by atoms with Gasteiger partial charge in [-0.3, -0.25) is 0 Å². The molecule has 1 aliphatic heterocycles. The van der Waals surface area contributed by atoms with Crippen LogP contribution in [0.5, 0.6) is 0 Å². The van der Waals surface area contributed by atoms with Gasteiger partial charge in [0.2, 0.25) is 0 Å². The lowest BCUT2D eigenvalue weighted by molar-refractivity contribution is 0.0628. The van der Waals surface area contributed by atoms with Crippen molar-refractivity contribution in [3.8, 4) is 0 Å². The highest BCUT2D eigenvalue weighted by Crippen LogP contribution is 2.35. The van der Waals surface area contributed by atoms with Crippen molar-refractivity contribution in [1.82, 2.24) is 5.32 Å². The first kappa shape index (κ1) is 12.4. The Hall–Kier alpha value is -0.0800. The van der Waals surface area contributed by atoms with E-state index in [0.717, 1.165) is 37.6 Å². The minimum absolute atomic E-state index is 0.824. The Morgan fingerprint density at radius 1 is 1.19 bits per heavy atom. The number of ether oxygens (including phenoxy) is 1. The minimum atomic E-state index is 0.824. The zero-order chi connectivity index (χ0) is 11.2. The van der Waals surface area contributed by atoms with Gasteiger partial charge in [0.1, 0.15) is 0 Å². The minimum Gasteiger partial charge on any atom is -0.381 e. The summed E-state index contributed by atoms with van der Waals surface area (Å²) in [7, 11) is 0. The predicted molar refractivity (Wildman–Crippen MR) is 67.6 cm³/mol. The van der Waals surface area contributed by atoms with E-state index in [2.05, 4.69) is 12.2 Å². The molecule has 2 fully saturated rings. The van der Waals surface area contributed by atoms with Crippen molar-refractivity contribution in [1.29, 1.82) is 0 Å². The van der Waals surface area contributed by atoms with Crippen LogP contribution >= 0.6 is 0 Å². The van der Waals surface area contributed by atoms with Crippen molar-refractivity contribution in [2.24, 2.45) is 11.8 Å². The second-order valence-electron chi connectivity index (χ2n) is 5.49. The fourth-order valence-electron chi connectivity index (χ4n) is 2.93. The van der Waals surface area contributed by atoms with Crippen LogP contribution in [0.4, 0.5) is 0 Å². The molecule has 0 bridgehead atoms. The first-order chi connectivity index (χ1) is 7.90. The first-order valence-electron chi connectivity index (χ1n) is 7.21. The number of rotatable bonds is 7. The first-order valence-corrected chi connectivity index (χ1v) is 7.21. The van der Waals surface area contributed by atoms with Crippen LogP contribution in [0.25, 0.3) is 0 Å². The Balaban J connectivity index is 1.57. The van der Waals surface area contributed by atoms with Crippen LogP contribution in [0.3, 0.4) is 0 Å². The normalized spacial score (nSPS) is 24.6. The molecule has 1 unspecified atom stereocenters. The summed E-state index contributed by atoms with van der Waals surface area (Å²) in [6, 6.07) is 0.824. The molecule has 0 amide bonds. The summed E-state index contributed by atoms with van der Waals surface area (Å²) in [6.07, 6.45) is 9.78. The Morgan fingerprint density at radius 2 is 1.94 bits per heavy atom. The van der Waals surface area contributed by atoms with Crippen LogP contribution in [0, 0.1) is 11.8 Å². The van der Waals surface area contributed by atoms with Crippen LogP contribution in [0.2, 0.25) is 0 Å². The van der Waals surface area contributed by atoms with Gasteiger partial charge < -0.3 is 10.1 Å². The largest absolute Gasteiger partial charge is 0.381 e. The van der Waals surface area contributed by atoms with E-state index < -0.39 is 0 Å². The zero-order valence-corrected chi connectivity index (χ0v) is 10.7. The topological polar surface area (TPSA) is 21.3 Å². The van der Waals surface area contributed by atoms with Crippen molar-refractivity contribution >= 4 is 0 Å². The molecule has 2 rings (SSSR count). The lowest BCUT2D eigenvalue weighted by Gasteiger charge is -2.23. The molecule has 16 heavy (non-hydrogen) atoms. The monoisotopic (exact) mass is 225 g/mol. The maximum absolute atomic E-state index is 5.40. The van der Waals surface area contributed by atoms with Gasteiger partial charge in [-0.15, -0.1) is 0 Å². The number of nitrogens with one attached hydrogen (secondary N) is 1. The summed E-state index contributed by atoms with van der Waals surface area (Å²) in [5, 5.41) is 3.66. The third-order valence-electron chi connectivity index (χ3n) is 4.13. The summed E-state index contributed by atoms with van der Waals surface area (Å²) in [5.41, 5.74) is 0. The highest BCUT2D eigenvalue weighted by molar-refractivity contribution is 4.86. The van der Waals surface area contributed by atoms with Gasteiger partial charge in [0.05, 0.1) is 0 Å². The molecular weight excluding hydrogens is 198 g/mol. The quantitative estimate of drug-likeness (QED) is 0.719. The molecule has 1 saturated carbocycles. The summed E-state index contributed by atoms with van der Waals surface area (Å²) >= 11 is 0. The van der Waals surface area contributed by atoms with E-state index in [1.54, 1.807) is 0 Å². The van der Waals surface area contributed by atoms with Crippen LogP contribution in [0.15, 0.2) is 0 Å². The molecule has 0 aromatic rings. The fraction of sp³-hybridized carbons (Fsp3) is 1.00. The van der Waals surface area contributed by atoms with E-state index in [9.17, 15) is 0 Å². The van der Waals surface area contributed by atoms with Crippen molar-refractivity contribution < 1.29 is 4.74 Å². The van der Waals surface area contributed by atoms with Gasteiger partial charge in [0.25, 0.3) is 0 Å². The smallest absolute Gasteiger partial charge is 0.0468 e. The lowest BCUT2D eigenvalue weighted by Crippen LogP contribution is -2.31. The van der Waals surface area contributed by atoms with Gasteiger partial charge >= 0.3 is 0 Å². The maximum Gasteiger partial charge on any atom is 0.0468 e. The van der Waals surface area contributed by atoms with Gasteiger partial charge in [-0.25, -0.2) is 0 Å². The zero-order valence-electron chi connectivity index (χ0n) is 10.7. The highest BCUT2D eigenvalue weighted by atomic mass is 16.5. The molecule has 0 spiro atoms. The molecule has 2 aliphatic rings. The number of hydrogen-bond acceptors (Lipinski definition) is 2. The summed E-state index contributed by atoms with van der Waals surface area (Å²) < 4.78 is 5.40. The third kappa shape index (κ3) is 4.06. The predicted octanol–water partition coefficient (Wildman–Crippen LogP) is 2.97. The average molecular weight is 225 g/mol. The van der Waals surface area contributed by atoms with E-state index >= 15 is 0 Å². The van der Waals surface area contributed by atoms with E-state index in [1.165, 1.54) is 44.9 Å². The lowest BCUT2D eigenvalue weighted by atomic mass is 9.92. The van der Waals surface area contributed by atoms with Crippen LogP contribution < -0.4 is 5.32 Å². The molecule has 0 aromatic carbocycles. The van der Waals surface area contributed by atoms with E-state index in [0.29, 0.717) is 0 Å². The second kappa shape index (κ2) is 6.61. The van der Waals surface area contributed by atoms with Crippen molar-refractivity contribution in [2.45, 2.75) is 57.9 Å². The third-order valence-corrected chi connectivity index (χ3v) is 4.13. The molecular formula is C14H27NO. The summed E-state index contributed by atoms with van der Waals surface area (Å²) in [4.78, 5) is 0. The van der Waals surface area contributed by atoms with Crippen molar-refractivity contribution in [2.75, 3.05) is 19.8 Å². The molecule has 0 radical (unpaired) electrons. The Bertz CT molecular complexity index is 185. The Morgan fingerprint density at radius 3 is 2.56 bits per heavy atom. The average Bonchev–Trinajstić information content (AvgIpc) is 3.13. The van der Waals surface area contributed by atoms with E-state index in [-0.39, 0.29) is 0 Å². The van der Waals surface area contributed by atoms with Crippen LogP contribution in [-0.2, 0) is 4.74 Å². The van der Waals surface area contributed by atoms with Gasteiger partial charge in [-0.1, -0.05) is 19.8 Å². The molecule has 0 aromatic heterocycles. The van der Waals surface area contributed by atoms with Gasteiger partial charge in [0, 0.05) is 19.3 Å². The van der Waals surface area contributed by atoms with E-state index in [4.69, 9.17) is 4.74 Å². The van der Waals surface area contributed by atoms with Crippen LogP contribution in [-0.4, -0.2) is 25.8 Å². The SMILES string of the molecule is CCNC(CCCC1CCOCC1)C1CC1. The standard InChI is InChI=1S/C14H27NO/c1-2-15-14(13-6-7-13)5-3-4-12-8-10-16-11-9-12/h12-15H,2-11H2,1H3. The summed E-state index contributed by atoms with van der Waals surface area (Å²) in [5.74, 6) is 1.96. The molecule has 2 nitrogen and oxygen atoms in total. The van der Waals surface area contributed by atoms with Gasteiger partial charge in [-0.05, 0) is 50.5 Å². The molecule has 1 saturated heterocycles. The maximum atomic E-state index is 5.40. The van der Waals surface area contributed by atoms with Crippen molar-refractivity contribution in [3.05, 3.63) is 0 Å². The Kier molecular flexibility index (Phi) is 5.11. The van der Waals surface area contributed by atoms with Crippen molar-refractivity contribution in [3.63, 3.8) is 0 Å². The molecule has 94 valence electrons. The summed E-state index contributed by atoms with van der Waals surface area (Å²) in [6.45, 7) is 5.38. The van der Waals surface area contributed by atoms with Gasteiger partial charge in [0.15, 0.2) is 0 Å². The number of hydrogen-bond donors (Lipinski definition) is 1. The van der Waals surface area contributed by atoms with E-state index in [1.807, 2.05) is 0 Å².